The van der Waals surface area contributed by atoms with E-state index in [1.54, 1.807) is 28.5 Å². The van der Waals surface area contributed by atoms with Crippen molar-refractivity contribution >= 4 is 28.8 Å². The lowest BCUT2D eigenvalue weighted by Gasteiger charge is -2.36. The summed E-state index contributed by atoms with van der Waals surface area (Å²) in [7, 11) is 0. The van der Waals surface area contributed by atoms with Crippen LogP contribution in [0.3, 0.4) is 0 Å². The van der Waals surface area contributed by atoms with E-state index in [0.717, 1.165) is 35.7 Å². The average molecular weight is 587 g/mol. The summed E-state index contributed by atoms with van der Waals surface area (Å²) < 4.78 is 45.0. The van der Waals surface area contributed by atoms with Gasteiger partial charge in [0.05, 0.1) is 16.7 Å². The predicted molar refractivity (Wildman–Crippen MR) is 152 cm³/mol. The van der Waals surface area contributed by atoms with Crippen LogP contribution < -0.4 is 9.64 Å². The topological polar surface area (TPSA) is 66.0 Å². The summed E-state index contributed by atoms with van der Waals surface area (Å²) in [6.07, 6.45) is -2.77. The molecule has 218 valence electrons. The Kier molecular flexibility index (Phi) is 8.53. The van der Waals surface area contributed by atoms with Gasteiger partial charge in [-0.3, -0.25) is 9.59 Å². The monoisotopic (exact) mass is 586 g/mol. The van der Waals surface area contributed by atoms with Crippen LogP contribution in [0.4, 0.5) is 18.9 Å². The molecule has 2 aliphatic heterocycles. The van der Waals surface area contributed by atoms with Crippen molar-refractivity contribution in [2.24, 2.45) is 0 Å². The van der Waals surface area contributed by atoms with Crippen molar-refractivity contribution in [1.29, 1.82) is 0 Å². The molecule has 2 saturated heterocycles. The van der Waals surface area contributed by atoms with Gasteiger partial charge in [-0.1, -0.05) is 6.07 Å². The normalized spacial score (nSPS) is 16.8. The number of carbonyl (C=O) groups excluding carboxylic acids is 2. The molecular weight excluding hydrogens is 553 g/mol. The molecule has 11 heteroatoms. The molecule has 0 spiro atoms. The lowest BCUT2D eigenvalue weighted by atomic mass is 9.97. The average Bonchev–Trinajstić information content (AvgIpc) is 3.47. The van der Waals surface area contributed by atoms with Crippen molar-refractivity contribution in [3.8, 4) is 5.75 Å². The summed E-state index contributed by atoms with van der Waals surface area (Å²) in [5.41, 5.74) is 0.865. The third-order valence-corrected chi connectivity index (χ3v) is 8.46. The minimum atomic E-state index is -4.39. The first-order valence-electron chi connectivity index (χ1n) is 13.8. The zero-order valence-electron chi connectivity index (χ0n) is 23.1. The summed E-state index contributed by atoms with van der Waals surface area (Å²) in [6.45, 7) is 6.87. The number of benzene rings is 2. The molecule has 2 aliphatic rings. The fourth-order valence-corrected chi connectivity index (χ4v) is 6.21. The van der Waals surface area contributed by atoms with E-state index in [0.29, 0.717) is 56.2 Å². The summed E-state index contributed by atoms with van der Waals surface area (Å²) in [4.78, 5) is 36.2. The molecule has 2 fully saturated rings. The maximum absolute atomic E-state index is 13.1. The molecule has 5 rings (SSSR count). The van der Waals surface area contributed by atoms with Gasteiger partial charge in [-0.05, 0) is 69.2 Å². The molecule has 41 heavy (non-hydrogen) atoms. The number of ether oxygens (including phenoxy) is 1. The number of piperidine rings is 1. The van der Waals surface area contributed by atoms with E-state index < -0.39 is 11.7 Å². The van der Waals surface area contributed by atoms with Gasteiger partial charge in [0, 0.05) is 61.8 Å². The van der Waals surface area contributed by atoms with Gasteiger partial charge in [0.25, 0.3) is 11.8 Å². The fourth-order valence-electron chi connectivity index (χ4n) is 5.24. The Hall–Kier alpha value is -3.60. The minimum absolute atomic E-state index is 0.00109. The van der Waals surface area contributed by atoms with E-state index in [4.69, 9.17) is 4.74 Å². The Balaban J connectivity index is 1.12. The summed E-state index contributed by atoms with van der Waals surface area (Å²) in [5.74, 6) is 0.764. The highest BCUT2D eigenvalue weighted by Crippen LogP contribution is 2.33. The number of anilines is 1. The van der Waals surface area contributed by atoms with Crippen LogP contribution in [0.1, 0.15) is 64.0 Å². The number of likely N-dealkylation sites (tertiary alicyclic amines) is 1. The number of amides is 2. The summed E-state index contributed by atoms with van der Waals surface area (Å²) >= 11 is 1.47. The molecular formula is C30H33F3N4O3S. The largest absolute Gasteiger partial charge is 0.491 e. The molecule has 0 radical (unpaired) electrons. The van der Waals surface area contributed by atoms with Crippen LogP contribution in [0.2, 0.25) is 0 Å². The van der Waals surface area contributed by atoms with Crippen LogP contribution in [0, 0.1) is 0 Å². The Labute approximate surface area is 241 Å². The number of hydrogen-bond acceptors (Lipinski definition) is 6. The second-order valence-corrected chi connectivity index (χ2v) is 11.5. The molecule has 0 aliphatic carbocycles. The molecule has 0 atom stereocenters. The first-order chi connectivity index (χ1) is 19.6. The van der Waals surface area contributed by atoms with Gasteiger partial charge in [-0.2, -0.15) is 13.2 Å². The third-order valence-electron chi connectivity index (χ3n) is 7.45. The van der Waals surface area contributed by atoms with Gasteiger partial charge in [0.2, 0.25) is 0 Å². The van der Waals surface area contributed by atoms with E-state index in [1.807, 2.05) is 35.8 Å². The van der Waals surface area contributed by atoms with Crippen molar-refractivity contribution in [2.75, 3.05) is 44.2 Å². The molecule has 0 saturated carbocycles. The second kappa shape index (κ2) is 12.1. The third kappa shape index (κ3) is 6.83. The molecule has 1 aromatic heterocycles. The van der Waals surface area contributed by atoms with Gasteiger partial charge < -0.3 is 19.4 Å². The van der Waals surface area contributed by atoms with E-state index >= 15 is 0 Å². The fraction of sp³-hybridized carbons (Fsp3) is 0.433. The maximum Gasteiger partial charge on any atom is 0.416 e. The molecule has 2 amide bonds. The minimum Gasteiger partial charge on any atom is -0.491 e. The number of aromatic nitrogens is 1. The molecule has 7 nitrogen and oxygen atoms in total. The van der Waals surface area contributed by atoms with Crippen LogP contribution in [0.25, 0.3) is 0 Å². The quantitative estimate of drug-likeness (QED) is 0.358. The Morgan fingerprint density at radius 1 is 0.927 bits per heavy atom. The standard InChI is InChI=1S/C30H33F3N4O3S/c1-20(2)40-25-8-6-22(7-9-25)28(38)36-12-10-21(11-13-36)27-34-26(19-41-27)29(39)37-16-14-35(15-17-37)24-5-3-4-23(18-24)30(31,32)33/h3-9,18-21H,10-17H2,1-2H3. The van der Waals surface area contributed by atoms with Crippen LogP contribution in [0.15, 0.2) is 53.9 Å². The van der Waals surface area contributed by atoms with Gasteiger partial charge in [0.15, 0.2) is 0 Å². The lowest BCUT2D eigenvalue weighted by Crippen LogP contribution is -2.49. The summed E-state index contributed by atoms with van der Waals surface area (Å²) in [6, 6.07) is 12.5. The van der Waals surface area contributed by atoms with Crippen molar-refractivity contribution in [2.45, 2.75) is 44.9 Å². The molecule has 0 bridgehead atoms. The summed E-state index contributed by atoms with van der Waals surface area (Å²) in [5, 5.41) is 2.69. The van der Waals surface area contributed by atoms with Crippen LogP contribution in [-0.4, -0.2) is 72.0 Å². The van der Waals surface area contributed by atoms with Crippen molar-refractivity contribution in [3.63, 3.8) is 0 Å². The number of alkyl halides is 3. The zero-order valence-corrected chi connectivity index (χ0v) is 23.9. The highest BCUT2D eigenvalue weighted by atomic mass is 32.1. The molecule has 3 aromatic rings. The smallest absolute Gasteiger partial charge is 0.416 e. The van der Waals surface area contributed by atoms with E-state index in [2.05, 4.69) is 4.98 Å². The number of carbonyl (C=O) groups is 2. The number of rotatable bonds is 6. The van der Waals surface area contributed by atoms with E-state index in [9.17, 15) is 22.8 Å². The van der Waals surface area contributed by atoms with E-state index in [-0.39, 0.29) is 23.8 Å². The molecule has 0 unspecified atom stereocenters. The number of hydrogen-bond donors (Lipinski definition) is 0. The highest BCUT2D eigenvalue weighted by Gasteiger charge is 2.32. The number of nitrogens with zero attached hydrogens (tertiary/aromatic N) is 4. The van der Waals surface area contributed by atoms with Gasteiger partial charge in [-0.25, -0.2) is 4.98 Å². The zero-order chi connectivity index (χ0) is 29.1. The predicted octanol–water partition coefficient (Wildman–Crippen LogP) is 5.93. The molecule has 2 aromatic carbocycles. The van der Waals surface area contributed by atoms with Crippen LogP contribution in [-0.2, 0) is 6.18 Å². The van der Waals surface area contributed by atoms with Gasteiger partial charge in [0.1, 0.15) is 11.4 Å². The first kappa shape index (κ1) is 28.9. The van der Waals surface area contributed by atoms with Gasteiger partial charge >= 0.3 is 6.18 Å². The number of piperazine rings is 1. The van der Waals surface area contributed by atoms with Gasteiger partial charge in [-0.15, -0.1) is 11.3 Å². The van der Waals surface area contributed by atoms with Crippen LogP contribution >= 0.6 is 11.3 Å². The SMILES string of the molecule is CC(C)Oc1ccc(C(=O)N2CCC(c3nc(C(=O)N4CCN(c5cccc(C(F)(F)F)c5)CC4)cs3)CC2)cc1. The van der Waals surface area contributed by atoms with E-state index in [1.165, 1.54) is 17.4 Å². The Morgan fingerprint density at radius 2 is 1.59 bits per heavy atom. The van der Waals surface area contributed by atoms with Crippen molar-refractivity contribution in [3.05, 3.63) is 75.7 Å². The van der Waals surface area contributed by atoms with Crippen LogP contribution in [0.5, 0.6) is 5.75 Å². The maximum atomic E-state index is 13.1. The molecule has 0 N–H and O–H groups in total. The molecule has 3 heterocycles. The highest BCUT2D eigenvalue weighted by molar-refractivity contribution is 7.09. The number of thiazole rings is 1. The Morgan fingerprint density at radius 3 is 2.22 bits per heavy atom. The van der Waals surface area contributed by atoms with Crippen molar-refractivity contribution in [1.82, 2.24) is 14.8 Å². The van der Waals surface area contributed by atoms with Crippen molar-refractivity contribution < 1.29 is 27.5 Å². The second-order valence-electron chi connectivity index (χ2n) is 10.7. The lowest BCUT2D eigenvalue weighted by molar-refractivity contribution is -0.137. The Bertz CT molecular complexity index is 1360. The first-order valence-corrected chi connectivity index (χ1v) is 14.7. The number of halogens is 3.